The van der Waals surface area contributed by atoms with Crippen molar-refractivity contribution in [2.24, 2.45) is 5.92 Å². The van der Waals surface area contributed by atoms with Gasteiger partial charge in [-0.2, -0.15) is 5.10 Å². The Balaban J connectivity index is 1.47. The van der Waals surface area contributed by atoms with Crippen molar-refractivity contribution in [3.05, 3.63) is 60.7 Å². The van der Waals surface area contributed by atoms with Gasteiger partial charge in [0.1, 0.15) is 12.1 Å². The summed E-state index contributed by atoms with van der Waals surface area (Å²) in [5.74, 6) is 0.626. The summed E-state index contributed by atoms with van der Waals surface area (Å²) in [6.07, 6.45) is 6.64. The number of ether oxygens (including phenoxy) is 1. The topological polar surface area (TPSA) is 102 Å². The fraction of sp³-hybridized carbons (Fsp3) is 0.318. The number of carbonyl (C=O) groups excluding carboxylic acids is 2. The van der Waals surface area contributed by atoms with Crippen LogP contribution >= 0.6 is 0 Å². The van der Waals surface area contributed by atoms with Crippen LogP contribution in [0.2, 0.25) is 0 Å². The van der Waals surface area contributed by atoms with E-state index in [1.54, 1.807) is 42.1 Å². The predicted octanol–water partition coefficient (Wildman–Crippen LogP) is 2.69. The van der Waals surface area contributed by atoms with Crippen LogP contribution < -0.4 is 10.2 Å². The van der Waals surface area contributed by atoms with Crippen molar-refractivity contribution in [3.8, 4) is 5.82 Å². The van der Waals surface area contributed by atoms with Gasteiger partial charge in [-0.1, -0.05) is 12.1 Å². The Morgan fingerprint density at radius 3 is 2.84 bits per heavy atom. The third-order valence-electron chi connectivity index (χ3n) is 5.17. The average molecular weight is 420 g/mol. The molecule has 2 aromatic heterocycles. The van der Waals surface area contributed by atoms with Gasteiger partial charge in [0.15, 0.2) is 5.82 Å². The lowest BCUT2D eigenvalue weighted by atomic mass is 9.96. The van der Waals surface area contributed by atoms with Gasteiger partial charge in [-0.05, 0) is 38.0 Å². The van der Waals surface area contributed by atoms with Gasteiger partial charge in [0.05, 0.1) is 23.8 Å². The third kappa shape index (κ3) is 4.71. The van der Waals surface area contributed by atoms with Crippen molar-refractivity contribution in [2.45, 2.75) is 19.8 Å². The minimum atomic E-state index is -0.448. The molecule has 4 rings (SSSR count). The van der Waals surface area contributed by atoms with Crippen molar-refractivity contribution in [3.63, 3.8) is 0 Å². The van der Waals surface area contributed by atoms with Gasteiger partial charge in [0, 0.05) is 31.5 Å². The molecule has 1 aliphatic rings. The molecule has 0 bridgehead atoms. The number of piperidine rings is 1. The zero-order valence-corrected chi connectivity index (χ0v) is 17.3. The lowest BCUT2D eigenvalue weighted by Gasteiger charge is -2.33. The van der Waals surface area contributed by atoms with Crippen LogP contribution in [-0.2, 0) is 9.53 Å². The predicted molar refractivity (Wildman–Crippen MR) is 115 cm³/mol. The van der Waals surface area contributed by atoms with E-state index in [2.05, 4.69) is 25.3 Å². The van der Waals surface area contributed by atoms with Gasteiger partial charge in [0.2, 0.25) is 5.91 Å². The van der Waals surface area contributed by atoms with Crippen LogP contribution in [-0.4, -0.2) is 51.3 Å². The van der Waals surface area contributed by atoms with Crippen LogP contribution in [0.1, 0.15) is 30.1 Å². The van der Waals surface area contributed by atoms with E-state index < -0.39 is 5.97 Å². The second-order valence-electron chi connectivity index (χ2n) is 7.23. The molecule has 3 aromatic rings. The van der Waals surface area contributed by atoms with E-state index in [1.165, 1.54) is 6.33 Å². The second kappa shape index (κ2) is 9.38. The van der Waals surface area contributed by atoms with Crippen LogP contribution in [0.3, 0.4) is 0 Å². The highest BCUT2D eigenvalue weighted by Gasteiger charge is 2.28. The molecule has 0 spiro atoms. The summed E-state index contributed by atoms with van der Waals surface area (Å²) in [5.41, 5.74) is 0.816. The molecule has 1 fully saturated rings. The molecule has 1 saturated heterocycles. The standard InChI is InChI=1S/C22H24N6O3/c1-2-31-22(30)17-8-3-4-9-18(17)26-21(29)16-7-5-11-27(14-16)19-13-20(24-15-23-19)28-12-6-10-25-28/h3-4,6,8-10,12-13,15-16H,2,5,7,11,14H2,1H3,(H,26,29)/t16-/m1/s1. The quantitative estimate of drug-likeness (QED) is 0.612. The molecule has 0 aliphatic carbocycles. The van der Waals surface area contributed by atoms with Gasteiger partial charge in [0.25, 0.3) is 0 Å². The molecule has 31 heavy (non-hydrogen) atoms. The number of para-hydroxylation sites is 1. The summed E-state index contributed by atoms with van der Waals surface area (Å²) in [4.78, 5) is 35.9. The van der Waals surface area contributed by atoms with E-state index in [1.807, 2.05) is 18.3 Å². The smallest absolute Gasteiger partial charge is 0.340 e. The first-order chi connectivity index (χ1) is 15.2. The van der Waals surface area contributed by atoms with E-state index in [9.17, 15) is 9.59 Å². The second-order valence-corrected chi connectivity index (χ2v) is 7.23. The molecular weight excluding hydrogens is 396 g/mol. The Morgan fingerprint density at radius 1 is 1.19 bits per heavy atom. The summed E-state index contributed by atoms with van der Waals surface area (Å²) in [7, 11) is 0. The first kappa shape index (κ1) is 20.5. The Hall–Kier alpha value is -3.75. The Labute approximate surface area is 180 Å². The molecule has 0 unspecified atom stereocenters. The minimum Gasteiger partial charge on any atom is -0.462 e. The molecule has 1 N–H and O–H groups in total. The highest BCUT2D eigenvalue weighted by Crippen LogP contribution is 2.25. The number of rotatable bonds is 6. The Bertz CT molecular complexity index is 1050. The molecule has 1 amide bonds. The normalized spacial score (nSPS) is 16.0. The third-order valence-corrected chi connectivity index (χ3v) is 5.17. The summed E-state index contributed by atoms with van der Waals surface area (Å²) in [5, 5.41) is 7.12. The molecule has 3 heterocycles. The summed E-state index contributed by atoms with van der Waals surface area (Å²) in [6.45, 7) is 3.36. The maximum atomic E-state index is 13.0. The van der Waals surface area contributed by atoms with E-state index in [-0.39, 0.29) is 18.4 Å². The van der Waals surface area contributed by atoms with Crippen molar-refractivity contribution in [2.75, 3.05) is 29.9 Å². The summed E-state index contributed by atoms with van der Waals surface area (Å²) in [6, 6.07) is 10.6. The Morgan fingerprint density at radius 2 is 2.03 bits per heavy atom. The first-order valence-electron chi connectivity index (χ1n) is 10.3. The molecule has 9 heteroatoms. The zero-order valence-electron chi connectivity index (χ0n) is 17.3. The minimum absolute atomic E-state index is 0.122. The number of carbonyl (C=O) groups is 2. The van der Waals surface area contributed by atoms with Gasteiger partial charge >= 0.3 is 5.97 Å². The van der Waals surface area contributed by atoms with Gasteiger partial charge < -0.3 is 15.0 Å². The average Bonchev–Trinajstić information content (AvgIpc) is 3.35. The van der Waals surface area contributed by atoms with E-state index in [0.717, 1.165) is 25.2 Å². The molecule has 1 atom stereocenters. The van der Waals surface area contributed by atoms with Crippen LogP contribution in [0, 0.1) is 5.92 Å². The maximum Gasteiger partial charge on any atom is 0.340 e. The number of aromatic nitrogens is 4. The molecule has 1 aliphatic heterocycles. The van der Waals surface area contributed by atoms with Crippen LogP contribution in [0.25, 0.3) is 5.82 Å². The molecular formula is C22H24N6O3. The van der Waals surface area contributed by atoms with Gasteiger partial charge in [-0.25, -0.2) is 19.4 Å². The van der Waals surface area contributed by atoms with Crippen LogP contribution in [0.5, 0.6) is 0 Å². The molecule has 1 aromatic carbocycles. The zero-order chi connectivity index (χ0) is 21.6. The number of anilines is 2. The number of nitrogens with zero attached hydrogens (tertiary/aromatic N) is 5. The van der Waals surface area contributed by atoms with E-state index in [4.69, 9.17) is 4.74 Å². The molecule has 0 radical (unpaired) electrons. The van der Waals surface area contributed by atoms with Gasteiger partial charge in [-0.3, -0.25) is 4.79 Å². The summed E-state index contributed by atoms with van der Waals surface area (Å²) >= 11 is 0. The highest BCUT2D eigenvalue weighted by atomic mass is 16.5. The lowest BCUT2D eigenvalue weighted by Crippen LogP contribution is -2.41. The van der Waals surface area contributed by atoms with Crippen LogP contribution in [0.4, 0.5) is 11.5 Å². The SMILES string of the molecule is CCOC(=O)c1ccccc1NC(=O)[C@@H]1CCCN(c2cc(-n3cccn3)ncn2)C1. The molecule has 0 saturated carbocycles. The first-order valence-corrected chi connectivity index (χ1v) is 10.3. The number of nitrogens with one attached hydrogen (secondary N) is 1. The molecule has 9 nitrogen and oxygen atoms in total. The number of esters is 1. The largest absolute Gasteiger partial charge is 0.462 e. The van der Waals surface area contributed by atoms with Crippen LogP contribution in [0.15, 0.2) is 55.1 Å². The number of hydrogen-bond donors (Lipinski definition) is 1. The van der Waals surface area contributed by atoms with Crippen molar-refractivity contribution < 1.29 is 14.3 Å². The van der Waals surface area contributed by atoms with Crippen molar-refractivity contribution in [1.82, 2.24) is 19.7 Å². The number of amides is 1. The van der Waals surface area contributed by atoms with Crippen molar-refractivity contribution >= 4 is 23.4 Å². The van der Waals surface area contributed by atoms with Gasteiger partial charge in [-0.15, -0.1) is 0 Å². The monoisotopic (exact) mass is 420 g/mol. The lowest BCUT2D eigenvalue weighted by molar-refractivity contribution is -0.120. The summed E-state index contributed by atoms with van der Waals surface area (Å²) < 4.78 is 6.76. The maximum absolute atomic E-state index is 13.0. The van der Waals surface area contributed by atoms with Crippen molar-refractivity contribution in [1.29, 1.82) is 0 Å². The van der Waals surface area contributed by atoms with E-state index >= 15 is 0 Å². The fourth-order valence-electron chi connectivity index (χ4n) is 3.65. The Kier molecular flexibility index (Phi) is 6.21. The van der Waals surface area contributed by atoms with E-state index in [0.29, 0.717) is 23.6 Å². The number of hydrogen-bond acceptors (Lipinski definition) is 7. The number of benzene rings is 1. The highest BCUT2D eigenvalue weighted by molar-refractivity contribution is 6.02. The fourth-order valence-corrected chi connectivity index (χ4v) is 3.65. The molecule has 160 valence electrons.